The summed E-state index contributed by atoms with van der Waals surface area (Å²) in [5.74, 6) is 0. The third-order valence-electron chi connectivity index (χ3n) is 4.48. The Morgan fingerprint density at radius 2 is 2.12 bits per heavy atom. The average molecular weight is 361 g/mol. The van der Waals surface area contributed by atoms with Crippen molar-refractivity contribution in [1.82, 2.24) is 14.5 Å². The topological polar surface area (TPSA) is 71.2 Å². The van der Waals surface area contributed by atoms with E-state index in [4.69, 9.17) is 16.3 Å². The van der Waals surface area contributed by atoms with Crippen molar-refractivity contribution in [2.75, 3.05) is 7.05 Å². The molecule has 0 radical (unpaired) electrons. The number of hydrogen-bond donors (Lipinski definition) is 0. The lowest BCUT2D eigenvalue weighted by Crippen LogP contribution is -2.47. The molecule has 0 spiro atoms. The predicted octanol–water partition coefficient (Wildman–Crippen LogP) is 4.13. The molecule has 0 N–H and O–H groups in total. The van der Waals surface area contributed by atoms with Gasteiger partial charge in [-0.3, -0.25) is 0 Å². The third-order valence-corrected chi connectivity index (χ3v) is 4.69. The normalized spacial score (nSPS) is 20.0. The van der Waals surface area contributed by atoms with Gasteiger partial charge in [0.05, 0.1) is 5.56 Å². The maximum Gasteiger partial charge on any atom is 0.410 e. The quantitative estimate of drug-likeness (QED) is 0.755. The number of ether oxygens (including phenoxy) is 1. The maximum absolute atomic E-state index is 12.2. The van der Waals surface area contributed by atoms with Crippen LogP contribution in [0.15, 0.2) is 18.3 Å². The molecule has 0 saturated heterocycles. The Balaban J connectivity index is 1.75. The van der Waals surface area contributed by atoms with Gasteiger partial charge in [0.25, 0.3) is 0 Å². The first-order valence-electron chi connectivity index (χ1n) is 8.22. The SMILES string of the molecule is CN(C(=O)OC(C)(C)C)C1CC(n2cc(C#N)c3ccc(Cl)nc32)C1. The second-order valence-electron chi connectivity index (χ2n) is 7.44. The van der Waals surface area contributed by atoms with E-state index in [1.54, 1.807) is 18.0 Å². The number of hydrogen-bond acceptors (Lipinski definition) is 4. The van der Waals surface area contributed by atoms with Crippen molar-refractivity contribution in [2.45, 2.75) is 51.3 Å². The lowest BCUT2D eigenvalue weighted by atomic mass is 9.85. The second kappa shape index (κ2) is 6.23. The van der Waals surface area contributed by atoms with E-state index in [-0.39, 0.29) is 18.2 Å². The molecule has 3 rings (SSSR count). The first-order valence-corrected chi connectivity index (χ1v) is 8.60. The van der Waals surface area contributed by atoms with Gasteiger partial charge in [-0.05, 0) is 45.7 Å². The zero-order valence-electron chi connectivity index (χ0n) is 14.8. The Bertz CT molecular complexity index is 856. The predicted molar refractivity (Wildman–Crippen MR) is 95.5 cm³/mol. The Morgan fingerprint density at radius 3 is 2.72 bits per heavy atom. The molecule has 2 aromatic heterocycles. The first-order chi connectivity index (χ1) is 11.7. The third kappa shape index (κ3) is 3.42. The number of fused-ring (bicyclic) bond motifs is 1. The van der Waals surface area contributed by atoms with E-state index in [1.807, 2.05) is 37.6 Å². The summed E-state index contributed by atoms with van der Waals surface area (Å²) in [4.78, 5) is 18.2. The van der Waals surface area contributed by atoms with Crippen LogP contribution in [0.1, 0.15) is 45.2 Å². The minimum atomic E-state index is -0.506. The van der Waals surface area contributed by atoms with Crippen LogP contribution in [0.4, 0.5) is 4.79 Å². The summed E-state index contributed by atoms with van der Waals surface area (Å²) in [7, 11) is 1.76. The van der Waals surface area contributed by atoms with Crippen LogP contribution in [0.3, 0.4) is 0 Å². The van der Waals surface area contributed by atoms with Crippen LogP contribution in [0.2, 0.25) is 5.15 Å². The van der Waals surface area contributed by atoms with Crippen LogP contribution in [0.25, 0.3) is 11.0 Å². The van der Waals surface area contributed by atoms with Crippen LogP contribution in [-0.2, 0) is 4.74 Å². The fraction of sp³-hybridized carbons (Fsp3) is 0.500. The molecule has 0 atom stereocenters. The molecule has 1 aliphatic rings. The van der Waals surface area contributed by atoms with Crippen LogP contribution in [0, 0.1) is 11.3 Å². The molecular weight excluding hydrogens is 340 g/mol. The van der Waals surface area contributed by atoms with Crippen LogP contribution in [-0.4, -0.2) is 39.2 Å². The molecule has 0 unspecified atom stereocenters. The summed E-state index contributed by atoms with van der Waals surface area (Å²) in [6, 6.07) is 6.01. The number of amides is 1. The lowest BCUT2D eigenvalue weighted by Gasteiger charge is -2.42. The largest absolute Gasteiger partial charge is 0.444 e. The summed E-state index contributed by atoms with van der Waals surface area (Å²) in [5.41, 5.74) is 0.795. The molecule has 2 heterocycles. The summed E-state index contributed by atoms with van der Waals surface area (Å²) in [6.07, 6.45) is 3.09. The van der Waals surface area contributed by atoms with Gasteiger partial charge in [0.15, 0.2) is 0 Å². The van der Waals surface area contributed by atoms with E-state index in [2.05, 4.69) is 11.1 Å². The van der Waals surface area contributed by atoms with Crippen molar-refractivity contribution >= 4 is 28.7 Å². The highest BCUT2D eigenvalue weighted by atomic mass is 35.5. The molecular formula is C18H21ClN4O2. The van der Waals surface area contributed by atoms with Gasteiger partial charge in [-0.2, -0.15) is 5.26 Å². The molecule has 1 aliphatic carbocycles. The zero-order chi connectivity index (χ0) is 18.4. The molecule has 25 heavy (non-hydrogen) atoms. The highest BCUT2D eigenvalue weighted by Crippen LogP contribution is 2.38. The molecule has 1 amide bonds. The number of nitrogens with zero attached hydrogens (tertiary/aromatic N) is 4. The van der Waals surface area contributed by atoms with Gasteiger partial charge in [-0.15, -0.1) is 0 Å². The van der Waals surface area contributed by atoms with Crippen molar-refractivity contribution in [3.8, 4) is 6.07 Å². The Hall–Kier alpha value is -2.26. The Kier molecular flexibility index (Phi) is 4.38. The average Bonchev–Trinajstić information content (AvgIpc) is 2.81. The molecule has 132 valence electrons. The Morgan fingerprint density at radius 1 is 1.44 bits per heavy atom. The number of rotatable bonds is 2. The van der Waals surface area contributed by atoms with Gasteiger partial charge in [-0.1, -0.05) is 11.6 Å². The minimum Gasteiger partial charge on any atom is -0.444 e. The van der Waals surface area contributed by atoms with Crippen LogP contribution >= 0.6 is 11.6 Å². The number of carbonyl (C=O) groups is 1. The summed E-state index contributed by atoms with van der Waals surface area (Å²) >= 11 is 6.01. The molecule has 0 aliphatic heterocycles. The summed E-state index contributed by atoms with van der Waals surface area (Å²) < 4.78 is 7.41. The summed E-state index contributed by atoms with van der Waals surface area (Å²) in [5, 5.41) is 10.5. The van der Waals surface area contributed by atoms with Crippen LogP contribution < -0.4 is 0 Å². The van der Waals surface area contributed by atoms with E-state index in [9.17, 15) is 10.1 Å². The van der Waals surface area contributed by atoms with E-state index in [0.29, 0.717) is 16.4 Å². The highest BCUT2D eigenvalue weighted by molar-refractivity contribution is 6.29. The number of carbonyl (C=O) groups excluding carboxylic acids is 1. The number of aromatic nitrogens is 2. The van der Waals surface area contributed by atoms with E-state index < -0.39 is 5.60 Å². The van der Waals surface area contributed by atoms with Gasteiger partial charge < -0.3 is 14.2 Å². The van der Waals surface area contributed by atoms with Crippen molar-refractivity contribution in [3.63, 3.8) is 0 Å². The van der Waals surface area contributed by atoms with Crippen LogP contribution in [0.5, 0.6) is 0 Å². The molecule has 2 aromatic rings. The van der Waals surface area contributed by atoms with E-state index >= 15 is 0 Å². The minimum absolute atomic E-state index is 0.113. The molecule has 7 heteroatoms. The summed E-state index contributed by atoms with van der Waals surface area (Å²) in [6.45, 7) is 5.56. The number of halogens is 1. The lowest BCUT2D eigenvalue weighted by molar-refractivity contribution is 0.00809. The second-order valence-corrected chi connectivity index (χ2v) is 7.82. The molecule has 1 saturated carbocycles. The first kappa shape index (κ1) is 17.6. The fourth-order valence-electron chi connectivity index (χ4n) is 3.05. The monoisotopic (exact) mass is 360 g/mol. The molecule has 6 nitrogen and oxygen atoms in total. The maximum atomic E-state index is 12.2. The fourth-order valence-corrected chi connectivity index (χ4v) is 3.20. The Labute approximate surface area is 151 Å². The van der Waals surface area contributed by atoms with Gasteiger partial charge >= 0.3 is 6.09 Å². The molecule has 0 aromatic carbocycles. The number of nitriles is 1. The van der Waals surface area contributed by atoms with Crippen molar-refractivity contribution in [1.29, 1.82) is 5.26 Å². The molecule has 0 bridgehead atoms. The number of pyridine rings is 1. The van der Waals surface area contributed by atoms with Crippen molar-refractivity contribution < 1.29 is 9.53 Å². The van der Waals surface area contributed by atoms with Gasteiger partial charge in [-0.25, -0.2) is 9.78 Å². The molecule has 1 fully saturated rings. The van der Waals surface area contributed by atoms with Crippen molar-refractivity contribution in [3.05, 3.63) is 29.0 Å². The van der Waals surface area contributed by atoms with E-state index in [0.717, 1.165) is 18.2 Å². The van der Waals surface area contributed by atoms with Gasteiger partial charge in [0, 0.05) is 30.7 Å². The van der Waals surface area contributed by atoms with Gasteiger partial charge in [0.2, 0.25) is 0 Å². The standard InChI is InChI=1S/C18H21ClN4O2/c1-18(2,3)25-17(24)22(4)12-7-13(8-12)23-10-11(9-20)14-5-6-15(19)21-16(14)23/h5-6,10,12-13H,7-8H2,1-4H3. The van der Waals surface area contributed by atoms with Crippen molar-refractivity contribution in [2.24, 2.45) is 0 Å². The van der Waals surface area contributed by atoms with E-state index in [1.165, 1.54) is 0 Å². The zero-order valence-corrected chi connectivity index (χ0v) is 15.5. The highest BCUT2D eigenvalue weighted by Gasteiger charge is 2.37. The smallest absolute Gasteiger partial charge is 0.410 e. The van der Waals surface area contributed by atoms with Gasteiger partial charge in [0.1, 0.15) is 22.5 Å².